The fraction of sp³-hybridized carbons (Fsp3) is 0.857. The molecule has 1 rings (SSSR count). The molecule has 0 aromatic heterocycles. The number of hydrogen-bond donors (Lipinski definition) is 2. The summed E-state index contributed by atoms with van der Waals surface area (Å²) in [5.74, 6) is -0.290. The Morgan fingerprint density at radius 1 is 1.24 bits per heavy atom. The van der Waals surface area contributed by atoms with Crippen molar-refractivity contribution in [1.82, 2.24) is 9.80 Å². The van der Waals surface area contributed by atoms with Gasteiger partial charge in [0.25, 0.3) is 0 Å². The van der Waals surface area contributed by atoms with Gasteiger partial charge in [-0.2, -0.15) is 0 Å². The summed E-state index contributed by atoms with van der Waals surface area (Å²) in [5, 5.41) is 9.79. The topological polar surface area (TPSA) is 96.1 Å². The lowest BCUT2D eigenvalue weighted by Gasteiger charge is -2.37. The average Bonchev–Trinajstić information content (AvgIpc) is 2.45. The first kappa shape index (κ1) is 17.7. The van der Waals surface area contributed by atoms with Crippen LogP contribution in [-0.4, -0.2) is 71.3 Å². The molecule has 1 atom stereocenters. The third-order valence-electron chi connectivity index (χ3n) is 3.60. The van der Waals surface area contributed by atoms with E-state index in [1.54, 1.807) is 9.80 Å². The molecule has 0 aliphatic carbocycles. The Kier molecular flexibility index (Phi) is 6.42. The zero-order valence-electron chi connectivity index (χ0n) is 13.2. The monoisotopic (exact) mass is 301 g/mol. The van der Waals surface area contributed by atoms with E-state index in [1.807, 2.05) is 6.92 Å². The van der Waals surface area contributed by atoms with E-state index < -0.39 is 11.6 Å². The molecule has 0 saturated carbocycles. The Morgan fingerprint density at radius 2 is 1.76 bits per heavy atom. The molecule has 0 unspecified atom stereocenters. The molecule has 0 spiro atoms. The predicted molar refractivity (Wildman–Crippen MR) is 78.7 cm³/mol. The normalized spacial score (nSPS) is 17.6. The Hall–Kier alpha value is -1.34. The van der Waals surface area contributed by atoms with Gasteiger partial charge in [-0.1, -0.05) is 13.3 Å². The number of hydrogen-bond acceptors (Lipinski definition) is 5. The minimum atomic E-state index is -1.26. The van der Waals surface area contributed by atoms with Crippen LogP contribution in [0.1, 0.15) is 33.6 Å². The number of carbonyl (C=O) groups excluding carboxylic acids is 2. The molecular formula is C14H27N3O4. The summed E-state index contributed by atoms with van der Waals surface area (Å²) < 4.78 is 5.14. The number of unbranched alkanes of at least 4 members (excludes halogenated alkanes) is 1. The molecule has 1 fully saturated rings. The zero-order valence-corrected chi connectivity index (χ0v) is 13.2. The number of ether oxygens (including phenoxy) is 1. The first-order valence-corrected chi connectivity index (χ1v) is 7.45. The molecule has 0 aromatic carbocycles. The van der Waals surface area contributed by atoms with Crippen LogP contribution in [0.3, 0.4) is 0 Å². The first-order valence-electron chi connectivity index (χ1n) is 7.45. The minimum Gasteiger partial charge on any atom is -0.449 e. The second-order valence-electron chi connectivity index (χ2n) is 5.91. The van der Waals surface area contributed by atoms with E-state index in [-0.39, 0.29) is 12.0 Å². The van der Waals surface area contributed by atoms with E-state index in [0.717, 1.165) is 12.8 Å². The Bertz CT molecular complexity index is 360. The number of carbonyl (C=O) groups is 2. The lowest BCUT2D eigenvalue weighted by Crippen LogP contribution is -2.59. The van der Waals surface area contributed by atoms with Crippen molar-refractivity contribution in [2.75, 3.05) is 32.8 Å². The molecule has 2 amide bonds. The van der Waals surface area contributed by atoms with Crippen LogP contribution in [0.5, 0.6) is 0 Å². The van der Waals surface area contributed by atoms with Crippen LogP contribution in [0.25, 0.3) is 0 Å². The van der Waals surface area contributed by atoms with Crippen molar-refractivity contribution in [2.24, 2.45) is 5.73 Å². The molecule has 1 heterocycles. The van der Waals surface area contributed by atoms with Crippen molar-refractivity contribution < 1.29 is 19.4 Å². The lowest BCUT2D eigenvalue weighted by atomic mass is 9.98. The quantitative estimate of drug-likeness (QED) is 0.705. The van der Waals surface area contributed by atoms with Gasteiger partial charge in [-0.25, -0.2) is 4.79 Å². The highest BCUT2D eigenvalue weighted by molar-refractivity contribution is 5.83. The SMILES string of the molecule is CCCCOC(=O)N1CCN(C(=O)[C@@H](N)C(C)(C)O)CC1. The lowest BCUT2D eigenvalue weighted by molar-refractivity contribution is -0.139. The Morgan fingerprint density at radius 3 is 2.24 bits per heavy atom. The molecule has 1 aliphatic heterocycles. The standard InChI is InChI=1S/C14H27N3O4/c1-4-5-10-21-13(19)17-8-6-16(7-9-17)12(18)11(15)14(2,3)20/h11,20H,4-10,15H2,1-3H3/t11-/m1/s1. The summed E-state index contributed by atoms with van der Waals surface area (Å²) in [5.41, 5.74) is 4.50. The predicted octanol–water partition coefficient (Wildman–Crippen LogP) is 0.166. The zero-order chi connectivity index (χ0) is 16.0. The van der Waals surface area contributed by atoms with Gasteiger partial charge in [-0.3, -0.25) is 4.79 Å². The molecule has 0 aromatic rings. The van der Waals surface area contributed by atoms with Crippen molar-refractivity contribution in [1.29, 1.82) is 0 Å². The van der Waals surface area contributed by atoms with Crippen LogP contribution in [0, 0.1) is 0 Å². The summed E-state index contributed by atoms with van der Waals surface area (Å²) in [6, 6.07) is -0.958. The second-order valence-corrected chi connectivity index (χ2v) is 5.91. The molecule has 1 saturated heterocycles. The molecular weight excluding hydrogens is 274 g/mol. The van der Waals surface area contributed by atoms with Gasteiger partial charge in [0.15, 0.2) is 0 Å². The summed E-state index contributed by atoms with van der Waals surface area (Å²) in [7, 11) is 0. The number of piperazine rings is 1. The van der Waals surface area contributed by atoms with Gasteiger partial charge in [-0.05, 0) is 20.3 Å². The number of rotatable bonds is 5. The van der Waals surface area contributed by atoms with Crippen LogP contribution in [0.2, 0.25) is 0 Å². The van der Waals surface area contributed by atoms with Gasteiger partial charge in [0.1, 0.15) is 6.04 Å². The number of nitrogens with zero attached hydrogens (tertiary/aromatic N) is 2. The summed E-state index contributed by atoms with van der Waals surface area (Å²) in [4.78, 5) is 27.1. The molecule has 21 heavy (non-hydrogen) atoms. The second kappa shape index (κ2) is 7.61. The van der Waals surface area contributed by atoms with Crippen LogP contribution in [0.15, 0.2) is 0 Å². The van der Waals surface area contributed by atoms with Crippen molar-refractivity contribution in [2.45, 2.75) is 45.3 Å². The van der Waals surface area contributed by atoms with Crippen molar-refractivity contribution in [3.63, 3.8) is 0 Å². The highest BCUT2D eigenvalue weighted by atomic mass is 16.6. The van der Waals surface area contributed by atoms with Gasteiger partial charge in [0.05, 0.1) is 12.2 Å². The number of aliphatic hydroxyl groups is 1. The molecule has 7 heteroatoms. The highest BCUT2D eigenvalue weighted by Crippen LogP contribution is 2.12. The summed E-state index contributed by atoms with van der Waals surface area (Å²) in [6.45, 7) is 7.15. The van der Waals surface area contributed by atoms with E-state index in [0.29, 0.717) is 32.8 Å². The van der Waals surface area contributed by atoms with Gasteiger partial charge in [0.2, 0.25) is 5.91 Å². The smallest absolute Gasteiger partial charge is 0.409 e. The summed E-state index contributed by atoms with van der Waals surface area (Å²) in [6.07, 6.45) is 1.50. The molecule has 0 radical (unpaired) electrons. The summed E-state index contributed by atoms with van der Waals surface area (Å²) >= 11 is 0. The maximum Gasteiger partial charge on any atom is 0.409 e. The maximum absolute atomic E-state index is 12.1. The van der Waals surface area contributed by atoms with E-state index in [9.17, 15) is 14.7 Å². The highest BCUT2D eigenvalue weighted by Gasteiger charge is 2.34. The molecule has 3 N–H and O–H groups in total. The Labute approximate surface area is 126 Å². The number of nitrogens with two attached hydrogens (primary N) is 1. The van der Waals surface area contributed by atoms with Gasteiger partial charge >= 0.3 is 6.09 Å². The first-order chi connectivity index (χ1) is 9.77. The molecule has 7 nitrogen and oxygen atoms in total. The van der Waals surface area contributed by atoms with E-state index in [4.69, 9.17) is 10.5 Å². The Balaban J connectivity index is 2.41. The number of amides is 2. The van der Waals surface area contributed by atoms with Crippen molar-refractivity contribution in [3.8, 4) is 0 Å². The van der Waals surface area contributed by atoms with E-state index in [1.165, 1.54) is 13.8 Å². The van der Waals surface area contributed by atoms with Crippen LogP contribution in [0.4, 0.5) is 4.79 Å². The van der Waals surface area contributed by atoms with E-state index >= 15 is 0 Å². The third-order valence-corrected chi connectivity index (χ3v) is 3.60. The molecule has 1 aliphatic rings. The maximum atomic E-state index is 12.1. The van der Waals surface area contributed by atoms with Gasteiger partial charge in [-0.15, -0.1) is 0 Å². The van der Waals surface area contributed by atoms with Crippen molar-refractivity contribution >= 4 is 12.0 Å². The largest absolute Gasteiger partial charge is 0.449 e. The van der Waals surface area contributed by atoms with Crippen molar-refractivity contribution in [3.05, 3.63) is 0 Å². The van der Waals surface area contributed by atoms with Crippen LogP contribution >= 0.6 is 0 Å². The minimum absolute atomic E-state index is 0.290. The fourth-order valence-electron chi connectivity index (χ4n) is 2.00. The molecule has 122 valence electrons. The van der Waals surface area contributed by atoms with E-state index in [2.05, 4.69) is 0 Å². The molecule has 0 bridgehead atoms. The van der Waals surface area contributed by atoms with Gasteiger partial charge < -0.3 is 25.4 Å². The third kappa shape index (κ3) is 5.17. The van der Waals surface area contributed by atoms with Crippen LogP contribution < -0.4 is 5.73 Å². The van der Waals surface area contributed by atoms with Gasteiger partial charge in [0, 0.05) is 26.2 Å². The average molecular weight is 301 g/mol. The fourth-order valence-corrected chi connectivity index (χ4v) is 2.00. The van der Waals surface area contributed by atoms with Crippen LogP contribution in [-0.2, 0) is 9.53 Å².